The summed E-state index contributed by atoms with van der Waals surface area (Å²) in [7, 11) is -1.14. The molecule has 0 spiro atoms. The molecule has 0 amide bonds. The molecule has 1 aromatic heterocycles. The molecule has 0 fully saturated rings. The van der Waals surface area contributed by atoms with Gasteiger partial charge in [-0.05, 0) is 25.1 Å². The van der Waals surface area contributed by atoms with Gasteiger partial charge in [-0.2, -0.15) is 0 Å². The molecule has 0 saturated heterocycles. The lowest BCUT2D eigenvalue weighted by atomic mass is 10.3. The summed E-state index contributed by atoms with van der Waals surface area (Å²) in [5.74, 6) is 0.788. The molecule has 0 bridgehead atoms. The van der Waals surface area contributed by atoms with Gasteiger partial charge in [0.1, 0.15) is 5.52 Å². The van der Waals surface area contributed by atoms with Crippen LogP contribution < -0.4 is 0 Å². The Bertz CT molecular complexity index is 516. The van der Waals surface area contributed by atoms with Crippen LogP contribution in [0.4, 0.5) is 0 Å². The Kier molecular flexibility index (Phi) is 3.20. The lowest BCUT2D eigenvalue weighted by molar-refractivity contribution is 0.583. The lowest BCUT2D eigenvalue weighted by Crippen LogP contribution is -2.19. The molecule has 1 heterocycles. The van der Waals surface area contributed by atoms with Gasteiger partial charge in [0.15, 0.2) is 5.58 Å². The highest BCUT2D eigenvalue weighted by Crippen LogP contribution is 2.27. The topological polar surface area (TPSA) is 26.0 Å². The molecule has 2 aromatic rings. The van der Waals surface area contributed by atoms with Crippen molar-refractivity contribution in [3.8, 4) is 0 Å². The smallest absolute Gasteiger partial charge is 0.222 e. The van der Waals surface area contributed by atoms with Gasteiger partial charge in [-0.1, -0.05) is 37.8 Å². The summed E-state index contributed by atoms with van der Waals surface area (Å²) in [6, 6.07) is 9.03. The van der Waals surface area contributed by atoms with Crippen LogP contribution in [0.1, 0.15) is 12.8 Å². The van der Waals surface area contributed by atoms with Gasteiger partial charge < -0.3 is 4.42 Å². The maximum Gasteiger partial charge on any atom is 0.222 e. The summed E-state index contributed by atoms with van der Waals surface area (Å²) >= 11 is 0. The average molecular weight is 245 g/mol. The number of aromatic nitrogens is 1. The summed E-state index contributed by atoms with van der Waals surface area (Å²) in [6.45, 7) is 9.14. The monoisotopic (exact) mass is 245 g/mol. The van der Waals surface area contributed by atoms with Gasteiger partial charge >= 0.3 is 0 Å². The molecular weight excluding hydrogens is 226 g/mol. The first-order chi connectivity index (χ1) is 7.99. The quantitative estimate of drug-likeness (QED) is 0.740. The van der Waals surface area contributed by atoms with Gasteiger partial charge in [0.2, 0.25) is 5.89 Å². The molecule has 0 aliphatic carbocycles. The van der Waals surface area contributed by atoms with Crippen molar-refractivity contribution in [1.82, 2.24) is 4.98 Å². The maximum absolute atomic E-state index is 5.81. The predicted octanol–water partition coefficient (Wildman–Crippen LogP) is 4.57. The Balaban J connectivity index is 2.38. The third-order valence-corrected chi connectivity index (χ3v) is 4.08. The standard InChI is InChI=1S/C14H19NOSi/c1-5-11(10-17(2,3)4)14-15-12-8-6-7-9-13(12)16-14/h5-9H,10H2,1-4H3/b11-5+. The van der Waals surface area contributed by atoms with E-state index in [1.807, 2.05) is 24.3 Å². The normalized spacial score (nSPS) is 13.3. The van der Waals surface area contributed by atoms with E-state index in [9.17, 15) is 0 Å². The van der Waals surface area contributed by atoms with Crippen molar-refractivity contribution in [2.45, 2.75) is 32.6 Å². The summed E-state index contributed by atoms with van der Waals surface area (Å²) in [4.78, 5) is 4.56. The molecule has 0 N–H and O–H groups in total. The zero-order chi connectivity index (χ0) is 12.5. The number of fused-ring (bicyclic) bond motifs is 1. The Morgan fingerprint density at radius 3 is 2.59 bits per heavy atom. The fourth-order valence-corrected chi connectivity index (χ4v) is 3.38. The second-order valence-electron chi connectivity index (χ2n) is 5.54. The van der Waals surface area contributed by atoms with E-state index in [0.29, 0.717) is 0 Å². The zero-order valence-corrected chi connectivity index (χ0v) is 11.9. The molecule has 3 heteroatoms. The minimum absolute atomic E-state index is 0.788. The molecule has 0 unspecified atom stereocenters. The highest BCUT2D eigenvalue weighted by Gasteiger charge is 2.19. The number of allylic oxidation sites excluding steroid dienone is 2. The second kappa shape index (κ2) is 4.49. The van der Waals surface area contributed by atoms with Crippen LogP contribution in [0.25, 0.3) is 16.7 Å². The van der Waals surface area contributed by atoms with E-state index in [0.717, 1.165) is 23.0 Å². The van der Waals surface area contributed by atoms with Crippen LogP contribution in [0.15, 0.2) is 34.8 Å². The van der Waals surface area contributed by atoms with E-state index in [2.05, 4.69) is 37.6 Å². The molecule has 1 aromatic carbocycles. The number of para-hydroxylation sites is 2. The van der Waals surface area contributed by atoms with Crippen molar-refractivity contribution in [2.24, 2.45) is 0 Å². The molecule has 17 heavy (non-hydrogen) atoms. The molecule has 0 radical (unpaired) electrons. The van der Waals surface area contributed by atoms with E-state index in [4.69, 9.17) is 4.42 Å². The number of oxazole rings is 1. The molecule has 0 aliphatic rings. The summed E-state index contributed by atoms with van der Waals surface area (Å²) in [5, 5.41) is 0. The summed E-state index contributed by atoms with van der Waals surface area (Å²) in [5.41, 5.74) is 3.05. The van der Waals surface area contributed by atoms with Crippen LogP contribution in [0, 0.1) is 0 Å². The molecule has 2 nitrogen and oxygen atoms in total. The largest absolute Gasteiger partial charge is 0.436 e. The van der Waals surface area contributed by atoms with Gasteiger partial charge in [0, 0.05) is 13.6 Å². The minimum Gasteiger partial charge on any atom is -0.436 e. The Labute approximate surface area is 103 Å². The fourth-order valence-electron chi connectivity index (χ4n) is 1.88. The number of nitrogens with zero attached hydrogens (tertiary/aromatic N) is 1. The number of hydrogen-bond donors (Lipinski definition) is 0. The van der Waals surface area contributed by atoms with Gasteiger partial charge in [-0.15, -0.1) is 0 Å². The van der Waals surface area contributed by atoms with Crippen LogP contribution >= 0.6 is 0 Å². The van der Waals surface area contributed by atoms with E-state index in [-0.39, 0.29) is 0 Å². The van der Waals surface area contributed by atoms with Gasteiger partial charge in [-0.25, -0.2) is 4.98 Å². The Morgan fingerprint density at radius 1 is 1.29 bits per heavy atom. The average Bonchev–Trinajstić information content (AvgIpc) is 2.67. The SMILES string of the molecule is C/C=C(\C[Si](C)(C)C)c1nc2ccccc2o1. The Hall–Kier alpha value is -1.35. The molecule has 2 rings (SSSR count). The van der Waals surface area contributed by atoms with Crippen LogP contribution in [-0.2, 0) is 0 Å². The first-order valence-corrected chi connectivity index (χ1v) is 9.71. The van der Waals surface area contributed by atoms with Crippen LogP contribution in [0.5, 0.6) is 0 Å². The van der Waals surface area contributed by atoms with Crippen molar-refractivity contribution in [3.05, 3.63) is 36.2 Å². The van der Waals surface area contributed by atoms with Gasteiger partial charge in [-0.3, -0.25) is 0 Å². The summed E-state index contributed by atoms with van der Waals surface area (Å²) < 4.78 is 5.81. The fraction of sp³-hybridized carbons (Fsp3) is 0.357. The minimum atomic E-state index is -1.14. The first-order valence-electron chi connectivity index (χ1n) is 6.01. The zero-order valence-electron chi connectivity index (χ0n) is 10.9. The van der Waals surface area contributed by atoms with E-state index < -0.39 is 8.07 Å². The molecule has 90 valence electrons. The van der Waals surface area contributed by atoms with E-state index >= 15 is 0 Å². The third-order valence-electron chi connectivity index (χ3n) is 2.64. The van der Waals surface area contributed by atoms with Crippen LogP contribution in [-0.4, -0.2) is 13.1 Å². The number of hydrogen-bond acceptors (Lipinski definition) is 2. The predicted molar refractivity (Wildman–Crippen MR) is 75.8 cm³/mol. The Morgan fingerprint density at radius 2 is 2.00 bits per heavy atom. The molecule has 0 aliphatic heterocycles. The third kappa shape index (κ3) is 2.85. The van der Waals surface area contributed by atoms with Crippen molar-refractivity contribution in [1.29, 1.82) is 0 Å². The lowest BCUT2D eigenvalue weighted by Gasteiger charge is -2.16. The van der Waals surface area contributed by atoms with Crippen LogP contribution in [0.2, 0.25) is 25.7 Å². The van der Waals surface area contributed by atoms with Crippen molar-refractivity contribution >= 4 is 24.7 Å². The van der Waals surface area contributed by atoms with E-state index in [1.54, 1.807) is 0 Å². The first kappa shape index (κ1) is 12.1. The van der Waals surface area contributed by atoms with Gasteiger partial charge in [0.05, 0.1) is 0 Å². The van der Waals surface area contributed by atoms with Crippen LogP contribution in [0.3, 0.4) is 0 Å². The second-order valence-corrected chi connectivity index (χ2v) is 11.0. The van der Waals surface area contributed by atoms with E-state index in [1.165, 1.54) is 5.57 Å². The van der Waals surface area contributed by atoms with Crippen molar-refractivity contribution in [3.63, 3.8) is 0 Å². The molecule has 0 atom stereocenters. The molecular formula is C14H19NOSi. The number of benzene rings is 1. The highest BCUT2D eigenvalue weighted by molar-refractivity contribution is 6.77. The summed E-state index contributed by atoms with van der Waals surface area (Å²) in [6.07, 6.45) is 2.13. The maximum atomic E-state index is 5.81. The van der Waals surface area contributed by atoms with Crippen molar-refractivity contribution < 1.29 is 4.42 Å². The van der Waals surface area contributed by atoms with Gasteiger partial charge in [0.25, 0.3) is 0 Å². The molecule has 0 saturated carbocycles. The number of rotatable bonds is 3. The van der Waals surface area contributed by atoms with Crippen molar-refractivity contribution in [2.75, 3.05) is 0 Å². The highest BCUT2D eigenvalue weighted by atomic mass is 28.3.